The lowest BCUT2D eigenvalue weighted by Gasteiger charge is -2.55. The van der Waals surface area contributed by atoms with Crippen molar-refractivity contribution >= 4 is 27.5 Å². The first-order valence-electron chi connectivity index (χ1n) is 11.5. The van der Waals surface area contributed by atoms with E-state index in [1.54, 1.807) is 24.3 Å². The number of hydrogen-bond donors (Lipinski definition) is 2. The maximum Gasteiger partial charge on any atom is 0.269 e. The highest BCUT2D eigenvalue weighted by Crippen LogP contribution is 2.60. The number of sulfonamides is 1. The molecule has 0 saturated heterocycles. The summed E-state index contributed by atoms with van der Waals surface area (Å²) in [4.78, 5) is 25.7. The minimum atomic E-state index is -3.75. The average Bonchev–Trinajstić information content (AvgIpc) is 2.81. The lowest BCUT2D eigenvalue weighted by molar-refractivity contribution is -0.147. The molecule has 0 heterocycles. The zero-order valence-corrected chi connectivity index (χ0v) is 19.5. The quantitative estimate of drug-likeness (QED) is 0.658. The van der Waals surface area contributed by atoms with Crippen LogP contribution in [0.1, 0.15) is 48.9 Å². The molecule has 2 N–H and O–H groups in total. The number of anilines is 1. The van der Waals surface area contributed by atoms with Crippen LogP contribution in [0.15, 0.2) is 59.5 Å². The number of nitrogens with zero attached hydrogens (tertiary/aromatic N) is 1. The van der Waals surface area contributed by atoms with E-state index >= 15 is 0 Å². The summed E-state index contributed by atoms with van der Waals surface area (Å²) >= 11 is 0. The summed E-state index contributed by atoms with van der Waals surface area (Å²) in [6.45, 7) is 0. The highest BCUT2D eigenvalue weighted by Gasteiger charge is 2.54. The van der Waals surface area contributed by atoms with Gasteiger partial charge in [-0.25, -0.2) is 8.42 Å². The molecule has 4 saturated carbocycles. The van der Waals surface area contributed by atoms with Gasteiger partial charge in [0.2, 0.25) is 5.91 Å². The predicted molar refractivity (Wildman–Crippen MR) is 125 cm³/mol. The number of hydrogen-bond acceptors (Lipinski definition) is 4. The maximum absolute atomic E-state index is 13.0. The minimum absolute atomic E-state index is 0.0846. The molecule has 6 rings (SSSR count). The second-order valence-corrected chi connectivity index (χ2v) is 11.9. The van der Waals surface area contributed by atoms with Gasteiger partial charge in [0, 0.05) is 12.6 Å². The largest absolute Gasteiger partial charge is 0.273 e. The fourth-order valence-corrected chi connectivity index (χ4v) is 7.62. The van der Waals surface area contributed by atoms with Gasteiger partial charge < -0.3 is 0 Å². The summed E-state index contributed by atoms with van der Waals surface area (Å²) in [7, 11) is -2.26. The normalized spacial score (nSPS) is 27.7. The minimum Gasteiger partial charge on any atom is -0.273 e. The van der Waals surface area contributed by atoms with Gasteiger partial charge in [-0.05, 0) is 92.7 Å². The molecule has 2 amide bonds. The fourth-order valence-electron chi connectivity index (χ4n) is 6.42. The molecule has 33 heavy (non-hydrogen) atoms. The molecule has 4 aliphatic rings. The molecule has 0 radical (unpaired) electrons. The Hall–Kier alpha value is -2.87. The van der Waals surface area contributed by atoms with Crippen molar-refractivity contribution < 1.29 is 18.0 Å². The van der Waals surface area contributed by atoms with E-state index in [1.807, 2.05) is 6.07 Å². The van der Waals surface area contributed by atoms with Crippen LogP contribution in [-0.4, -0.2) is 27.3 Å². The van der Waals surface area contributed by atoms with Crippen LogP contribution in [0.3, 0.4) is 0 Å². The number of amides is 2. The molecule has 4 bridgehead atoms. The first-order valence-corrected chi connectivity index (χ1v) is 13.0. The van der Waals surface area contributed by atoms with Gasteiger partial charge in [-0.2, -0.15) is 0 Å². The standard InChI is InChI=1S/C25H29N3O4S/c1-28(21-5-3-2-4-6-21)33(31,32)22-9-7-20(8-10-22)23(29)26-27-24(30)25-14-17-11-18(15-25)13-19(12-17)16-25/h2-10,17-19H,11-16H2,1H3,(H,26,29)(H,27,30). The first kappa shape index (κ1) is 21.9. The first-order chi connectivity index (χ1) is 15.8. The molecule has 0 aromatic heterocycles. The number of hydrazine groups is 1. The Balaban J connectivity index is 1.23. The molecule has 4 fully saturated rings. The monoisotopic (exact) mass is 467 g/mol. The number of benzene rings is 2. The van der Waals surface area contributed by atoms with Crippen LogP contribution in [0.4, 0.5) is 5.69 Å². The second kappa shape index (κ2) is 8.17. The SMILES string of the molecule is CN(c1ccccc1)S(=O)(=O)c1ccc(C(=O)NNC(=O)C23CC4CC(CC(C4)C2)C3)cc1. The number of nitrogens with one attached hydrogen (secondary N) is 2. The smallest absolute Gasteiger partial charge is 0.269 e. The van der Waals surface area contributed by atoms with Gasteiger partial charge in [-0.3, -0.25) is 24.7 Å². The van der Waals surface area contributed by atoms with E-state index < -0.39 is 15.9 Å². The Morgan fingerprint density at radius 3 is 1.94 bits per heavy atom. The summed E-state index contributed by atoms with van der Waals surface area (Å²) in [5, 5.41) is 0. The van der Waals surface area contributed by atoms with E-state index in [2.05, 4.69) is 10.9 Å². The van der Waals surface area contributed by atoms with E-state index in [9.17, 15) is 18.0 Å². The molecule has 174 valence electrons. The fraction of sp³-hybridized carbons (Fsp3) is 0.440. The molecule has 8 heteroatoms. The molecule has 0 spiro atoms. The van der Waals surface area contributed by atoms with Crippen molar-refractivity contribution in [2.75, 3.05) is 11.4 Å². The van der Waals surface area contributed by atoms with E-state index in [0.717, 1.165) is 19.3 Å². The van der Waals surface area contributed by atoms with Gasteiger partial charge in [0.25, 0.3) is 15.9 Å². The molecule has 0 aliphatic heterocycles. The lowest BCUT2D eigenvalue weighted by atomic mass is 9.49. The third kappa shape index (κ3) is 4.01. The van der Waals surface area contributed by atoms with Crippen molar-refractivity contribution in [2.24, 2.45) is 23.2 Å². The topological polar surface area (TPSA) is 95.6 Å². The Morgan fingerprint density at radius 2 is 1.39 bits per heavy atom. The van der Waals surface area contributed by atoms with Gasteiger partial charge in [0.1, 0.15) is 0 Å². The van der Waals surface area contributed by atoms with E-state index in [4.69, 9.17) is 0 Å². The summed E-state index contributed by atoms with van der Waals surface area (Å²) in [6.07, 6.45) is 6.49. The number of para-hydroxylation sites is 1. The zero-order valence-electron chi connectivity index (χ0n) is 18.7. The van der Waals surface area contributed by atoms with Crippen molar-refractivity contribution in [3.8, 4) is 0 Å². The highest BCUT2D eigenvalue weighted by molar-refractivity contribution is 7.92. The maximum atomic E-state index is 13.0. The molecular weight excluding hydrogens is 438 g/mol. The van der Waals surface area contributed by atoms with Gasteiger partial charge in [0.15, 0.2) is 0 Å². The van der Waals surface area contributed by atoms with Crippen LogP contribution in [0, 0.1) is 23.2 Å². The molecule has 7 nitrogen and oxygen atoms in total. The molecule has 4 aliphatic carbocycles. The van der Waals surface area contributed by atoms with Crippen LogP contribution in [-0.2, 0) is 14.8 Å². The number of rotatable bonds is 5. The summed E-state index contributed by atoms with van der Waals surface area (Å²) in [5.74, 6) is 1.37. The van der Waals surface area contributed by atoms with Crippen molar-refractivity contribution in [1.29, 1.82) is 0 Å². The van der Waals surface area contributed by atoms with Crippen LogP contribution in [0.2, 0.25) is 0 Å². The van der Waals surface area contributed by atoms with E-state index in [1.165, 1.54) is 54.9 Å². The average molecular weight is 468 g/mol. The summed E-state index contributed by atoms with van der Waals surface area (Å²) < 4.78 is 27.0. The molecule has 0 atom stereocenters. The van der Waals surface area contributed by atoms with Crippen molar-refractivity contribution in [2.45, 2.75) is 43.4 Å². The Morgan fingerprint density at radius 1 is 0.848 bits per heavy atom. The molecule has 2 aromatic carbocycles. The van der Waals surface area contributed by atoms with Crippen LogP contribution < -0.4 is 15.2 Å². The zero-order chi connectivity index (χ0) is 23.2. The van der Waals surface area contributed by atoms with E-state index in [0.29, 0.717) is 23.4 Å². The van der Waals surface area contributed by atoms with Gasteiger partial charge in [-0.15, -0.1) is 0 Å². The van der Waals surface area contributed by atoms with E-state index in [-0.39, 0.29) is 21.8 Å². The number of carbonyl (C=O) groups is 2. The second-order valence-electron chi connectivity index (χ2n) is 9.94. The predicted octanol–water partition coefficient (Wildman–Crippen LogP) is 3.49. The Labute approximate surface area is 194 Å². The Kier molecular flexibility index (Phi) is 5.43. The van der Waals surface area contributed by atoms with Crippen molar-refractivity contribution in [1.82, 2.24) is 10.9 Å². The summed E-state index contributed by atoms with van der Waals surface area (Å²) in [5.41, 5.74) is 5.67. The van der Waals surface area contributed by atoms with Crippen molar-refractivity contribution in [3.63, 3.8) is 0 Å². The summed E-state index contributed by atoms with van der Waals surface area (Å²) in [6, 6.07) is 14.5. The number of carbonyl (C=O) groups excluding carboxylic acids is 2. The van der Waals surface area contributed by atoms with Gasteiger partial charge in [0.05, 0.1) is 16.0 Å². The highest BCUT2D eigenvalue weighted by atomic mass is 32.2. The lowest BCUT2D eigenvalue weighted by Crippen LogP contribution is -2.56. The van der Waals surface area contributed by atoms with Crippen LogP contribution in [0.25, 0.3) is 0 Å². The molecule has 2 aromatic rings. The third-order valence-corrected chi connectivity index (χ3v) is 9.50. The van der Waals surface area contributed by atoms with Crippen LogP contribution >= 0.6 is 0 Å². The van der Waals surface area contributed by atoms with Crippen molar-refractivity contribution in [3.05, 3.63) is 60.2 Å². The van der Waals surface area contributed by atoms with Crippen LogP contribution in [0.5, 0.6) is 0 Å². The van der Waals surface area contributed by atoms with Gasteiger partial charge in [-0.1, -0.05) is 18.2 Å². The van der Waals surface area contributed by atoms with Gasteiger partial charge >= 0.3 is 0 Å². The Bertz CT molecular complexity index is 1130. The molecular formula is C25H29N3O4S. The molecule has 0 unspecified atom stereocenters. The third-order valence-electron chi connectivity index (χ3n) is 7.70.